The number of amides is 1. The Hall–Kier alpha value is -2.21. The Morgan fingerprint density at radius 1 is 1.35 bits per heavy atom. The molecule has 1 amide bonds. The number of rotatable bonds is 1. The quantitative estimate of drug-likeness (QED) is 0.688. The summed E-state index contributed by atoms with van der Waals surface area (Å²) < 4.78 is 1.88. The van der Waals surface area contributed by atoms with Crippen molar-refractivity contribution >= 4 is 22.2 Å². The van der Waals surface area contributed by atoms with Gasteiger partial charge in [-0.05, 0) is 24.1 Å². The minimum Gasteiger partial charge on any atom is -0.329 e. The van der Waals surface area contributed by atoms with Crippen molar-refractivity contribution in [1.82, 2.24) is 19.3 Å². The Balaban J connectivity index is 1.63. The first-order chi connectivity index (χ1) is 9.70. The van der Waals surface area contributed by atoms with Crippen LogP contribution in [-0.4, -0.2) is 25.2 Å². The van der Waals surface area contributed by atoms with Gasteiger partial charge in [-0.25, -0.2) is 4.98 Å². The Kier molecular flexibility index (Phi) is 2.40. The molecule has 20 heavy (non-hydrogen) atoms. The summed E-state index contributed by atoms with van der Waals surface area (Å²) in [6, 6.07) is 2.05. The Labute approximate surface area is 119 Å². The SMILES string of the molecule is Cc1cc2c(cn1)CN(C(=O)c1cn3ccsc3n1)C2. The van der Waals surface area contributed by atoms with Crippen LogP contribution in [0.2, 0.25) is 0 Å². The lowest BCUT2D eigenvalue weighted by Crippen LogP contribution is -2.25. The molecule has 0 radical (unpaired) electrons. The highest BCUT2D eigenvalue weighted by Gasteiger charge is 2.26. The number of aryl methyl sites for hydroxylation is 1. The molecule has 3 aromatic rings. The number of carbonyl (C=O) groups is 1. The van der Waals surface area contributed by atoms with Gasteiger partial charge in [0.2, 0.25) is 0 Å². The molecular formula is C14H12N4OS. The smallest absolute Gasteiger partial charge is 0.274 e. The van der Waals surface area contributed by atoms with E-state index in [1.165, 1.54) is 16.9 Å². The molecule has 1 aliphatic heterocycles. The van der Waals surface area contributed by atoms with Crippen molar-refractivity contribution in [2.45, 2.75) is 20.0 Å². The fraction of sp³-hybridized carbons (Fsp3) is 0.214. The van der Waals surface area contributed by atoms with Gasteiger partial charge >= 0.3 is 0 Å². The maximum Gasteiger partial charge on any atom is 0.274 e. The van der Waals surface area contributed by atoms with Gasteiger partial charge in [0, 0.05) is 42.8 Å². The van der Waals surface area contributed by atoms with Gasteiger partial charge in [0.1, 0.15) is 5.69 Å². The molecule has 3 aromatic heterocycles. The summed E-state index contributed by atoms with van der Waals surface area (Å²) in [7, 11) is 0. The first-order valence-electron chi connectivity index (χ1n) is 6.36. The van der Waals surface area contributed by atoms with Crippen LogP contribution in [0.3, 0.4) is 0 Å². The van der Waals surface area contributed by atoms with E-state index in [9.17, 15) is 4.79 Å². The third kappa shape index (κ3) is 1.72. The average Bonchev–Trinajstić information content (AvgIpc) is 3.10. The molecule has 4 heterocycles. The third-order valence-corrected chi connectivity index (χ3v) is 4.31. The highest BCUT2D eigenvalue weighted by atomic mass is 32.1. The molecule has 100 valence electrons. The number of carbonyl (C=O) groups excluding carboxylic acids is 1. The second kappa shape index (κ2) is 4.14. The average molecular weight is 284 g/mol. The van der Waals surface area contributed by atoms with Gasteiger partial charge in [-0.15, -0.1) is 11.3 Å². The molecule has 5 nitrogen and oxygen atoms in total. The summed E-state index contributed by atoms with van der Waals surface area (Å²) in [4.78, 5) is 23.8. The van der Waals surface area contributed by atoms with Crippen molar-refractivity contribution in [3.63, 3.8) is 0 Å². The van der Waals surface area contributed by atoms with E-state index in [2.05, 4.69) is 9.97 Å². The van der Waals surface area contributed by atoms with Crippen LogP contribution in [0.5, 0.6) is 0 Å². The van der Waals surface area contributed by atoms with Gasteiger partial charge in [0.15, 0.2) is 4.96 Å². The zero-order chi connectivity index (χ0) is 13.7. The van der Waals surface area contributed by atoms with Gasteiger partial charge in [-0.2, -0.15) is 0 Å². The maximum atomic E-state index is 12.5. The minimum absolute atomic E-state index is 0.0187. The van der Waals surface area contributed by atoms with Crippen molar-refractivity contribution in [1.29, 1.82) is 0 Å². The summed E-state index contributed by atoms with van der Waals surface area (Å²) >= 11 is 1.53. The maximum absolute atomic E-state index is 12.5. The molecule has 0 fully saturated rings. The first kappa shape index (κ1) is 11.6. The topological polar surface area (TPSA) is 50.5 Å². The molecule has 0 aliphatic carbocycles. The van der Waals surface area contributed by atoms with E-state index in [0.717, 1.165) is 16.2 Å². The minimum atomic E-state index is -0.0187. The molecule has 6 heteroatoms. The van der Waals surface area contributed by atoms with Crippen LogP contribution in [0, 0.1) is 6.92 Å². The number of pyridine rings is 1. The second-order valence-corrected chi connectivity index (χ2v) is 5.85. The predicted octanol–water partition coefficient (Wildman–Crippen LogP) is 2.26. The summed E-state index contributed by atoms with van der Waals surface area (Å²) in [6.45, 7) is 3.23. The molecule has 0 bridgehead atoms. The van der Waals surface area contributed by atoms with Crippen LogP contribution in [0.15, 0.2) is 30.0 Å². The van der Waals surface area contributed by atoms with Gasteiger partial charge in [-0.3, -0.25) is 14.2 Å². The van der Waals surface area contributed by atoms with E-state index in [4.69, 9.17) is 0 Å². The van der Waals surface area contributed by atoms with Gasteiger partial charge in [-0.1, -0.05) is 0 Å². The number of hydrogen-bond donors (Lipinski definition) is 0. The molecule has 4 rings (SSSR count). The van der Waals surface area contributed by atoms with Crippen molar-refractivity contribution in [2.75, 3.05) is 0 Å². The van der Waals surface area contributed by atoms with Crippen LogP contribution < -0.4 is 0 Å². The van der Waals surface area contributed by atoms with Gasteiger partial charge in [0.05, 0.1) is 0 Å². The van der Waals surface area contributed by atoms with Crippen LogP contribution in [0.1, 0.15) is 27.3 Å². The second-order valence-electron chi connectivity index (χ2n) is 4.97. The van der Waals surface area contributed by atoms with E-state index in [1.54, 1.807) is 6.20 Å². The highest BCUT2D eigenvalue weighted by Crippen LogP contribution is 2.24. The molecule has 0 saturated carbocycles. The van der Waals surface area contributed by atoms with E-state index < -0.39 is 0 Å². The molecule has 0 N–H and O–H groups in total. The lowest BCUT2D eigenvalue weighted by atomic mass is 10.2. The van der Waals surface area contributed by atoms with E-state index in [1.807, 2.05) is 40.1 Å². The summed E-state index contributed by atoms with van der Waals surface area (Å²) in [5, 5.41) is 1.96. The molecule has 0 unspecified atom stereocenters. The lowest BCUT2D eigenvalue weighted by molar-refractivity contribution is 0.0746. The van der Waals surface area contributed by atoms with E-state index in [0.29, 0.717) is 18.8 Å². The number of fused-ring (bicyclic) bond motifs is 2. The monoisotopic (exact) mass is 284 g/mol. The fourth-order valence-electron chi connectivity index (χ4n) is 2.54. The largest absolute Gasteiger partial charge is 0.329 e. The lowest BCUT2D eigenvalue weighted by Gasteiger charge is -2.13. The molecule has 0 spiro atoms. The zero-order valence-corrected chi connectivity index (χ0v) is 11.7. The van der Waals surface area contributed by atoms with Crippen molar-refractivity contribution in [3.8, 4) is 0 Å². The number of aromatic nitrogens is 3. The number of thiazole rings is 1. The van der Waals surface area contributed by atoms with Crippen LogP contribution in [-0.2, 0) is 13.1 Å². The standard InChI is InChI=1S/C14H12N4OS/c1-9-4-10-6-18(7-11(10)5-15-9)13(19)12-8-17-2-3-20-14(17)16-12/h2-5,8H,6-7H2,1H3. The first-order valence-corrected chi connectivity index (χ1v) is 7.24. The van der Waals surface area contributed by atoms with Gasteiger partial charge < -0.3 is 4.90 Å². The Morgan fingerprint density at radius 3 is 3.05 bits per heavy atom. The molecular weight excluding hydrogens is 272 g/mol. The third-order valence-electron chi connectivity index (χ3n) is 3.54. The van der Waals surface area contributed by atoms with Crippen molar-refractivity contribution < 1.29 is 4.79 Å². The molecule has 0 atom stereocenters. The number of hydrogen-bond acceptors (Lipinski definition) is 4. The van der Waals surface area contributed by atoms with Crippen LogP contribution in [0.25, 0.3) is 4.96 Å². The van der Waals surface area contributed by atoms with E-state index in [-0.39, 0.29) is 5.91 Å². The van der Waals surface area contributed by atoms with Crippen LogP contribution in [0.4, 0.5) is 0 Å². The molecule has 1 aliphatic rings. The highest BCUT2D eigenvalue weighted by molar-refractivity contribution is 7.15. The predicted molar refractivity (Wildman–Crippen MR) is 75.6 cm³/mol. The van der Waals surface area contributed by atoms with Gasteiger partial charge in [0.25, 0.3) is 5.91 Å². The summed E-state index contributed by atoms with van der Waals surface area (Å²) in [5.41, 5.74) is 3.81. The number of imidazole rings is 1. The van der Waals surface area contributed by atoms with Crippen molar-refractivity contribution in [3.05, 3.63) is 52.6 Å². The molecule has 0 saturated heterocycles. The zero-order valence-electron chi connectivity index (χ0n) is 10.9. The summed E-state index contributed by atoms with van der Waals surface area (Å²) in [6.07, 6.45) is 5.57. The van der Waals surface area contributed by atoms with Crippen molar-refractivity contribution in [2.24, 2.45) is 0 Å². The normalized spacial score (nSPS) is 13.9. The summed E-state index contributed by atoms with van der Waals surface area (Å²) in [5.74, 6) is -0.0187. The van der Waals surface area contributed by atoms with Crippen LogP contribution >= 0.6 is 11.3 Å². The fourth-order valence-corrected chi connectivity index (χ4v) is 3.24. The number of nitrogens with zero attached hydrogens (tertiary/aromatic N) is 4. The Bertz CT molecular complexity index is 791. The molecule has 0 aromatic carbocycles. The van der Waals surface area contributed by atoms with E-state index >= 15 is 0 Å². The Morgan fingerprint density at radius 2 is 2.20 bits per heavy atom.